The largest absolute Gasteiger partial charge is 0.504 e. The van der Waals surface area contributed by atoms with E-state index in [1.54, 1.807) is 26.4 Å². The lowest BCUT2D eigenvalue weighted by Crippen LogP contribution is -2.40. The summed E-state index contributed by atoms with van der Waals surface area (Å²) in [6.07, 6.45) is -0.277. The Hall–Kier alpha value is -2.44. The van der Waals surface area contributed by atoms with E-state index in [1.165, 1.54) is 7.11 Å². The number of aromatic hydroxyl groups is 1. The van der Waals surface area contributed by atoms with Gasteiger partial charge < -0.3 is 28.8 Å². The lowest BCUT2D eigenvalue weighted by atomic mass is 9.88. The van der Waals surface area contributed by atoms with Crippen molar-refractivity contribution in [3.63, 3.8) is 0 Å². The Morgan fingerprint density at radius 3 is 2.19 bits per heavy atom. The van der Waals surface area contributed by atoms with Gasteiger partial charge in [-0.25, -0.2) is 0 Å². The van der Waals surface area contributed by atoms with Crippen LogP contribution in [0.25, 0.3) is 0 Å². The van der Waals surface area contributed by atoms with Crippen molar-refractivity contribution in [2.45, 2.75) is 31.7 Å². The van der Waals surface area contributed by atoms with Gasteiger partial charge >= 0.3 is 0 Å². The van der Waals surface area contributed by atoms with Gasteiger partial charge in [-0.15, -0.1) is 0 Å². The molecule has 1 saturated heterocycles. The minimum atomic E-state index is -0.719. The van der Waals surface area contributed by atoms with Crippen molar-refractivity contribution in [2.75, 3.05) is 27.9 Å². The molecule has 1 aliphatic heterocycles. The second-order valence-electron chi connectivity index (χ2n) is 6.90. The number of rotatable bonds is 5. The Kier molecular flexibility index (Phi) is 5.48. The zero-order valence-electron chi connectivity index (χ0n) is 16.3. The summed E-state index contributed by atoms with van der Waals surface area (Å²) in [6, 6.07) is 11.1. The van der Waals surface area contributed by atoms with Crippen LogP contribution in [0.3, 0.4) is 0 Å². The molecular weight excluding hydrogens is 348 g/mol. The molecule has 1 fully saturated rings. The molecule has 0 spiro atoms. The average molecular weight is 374 g/mol. The first-order chi connectivity index (χ1) is 12.9. The fourth-order valence-corrected chi connectivity index (χ4v) is 3.33. The summed E-state index contributed by atoms with van der Waals surface area (Å²) in [5.74, 6) is 1.04. The monoisotopic (exact) mass is 374 g/mol. The van der Waals surface area contributed by atoms with Crippen molar-refractivity contribution in [2.24, 2.45) is 0 Å². The van der Waals surface area contributed by atoms with E-state index >= 15 is 0 Å². The number of hydrogen-bond acceptors (Lipinski definition) is 6. The summed E-state index contributed by atoms with van der Waals surface area (Å²) < 4.78 is 28.2. The molecule has 1 heterocycles. The van der Waals surface area contributed by atoms with Gasteiger partial charge in [-0.05, 0) is 49.2 Å². The Morgan fingerprint density at radius 1 is 0.889 bits per heavy atom. The molecule has 6 heteroatoms. The molecule has 27 heavy (non-hydrogen) atoms. The van der Waals surface area contributed by atoms with Crippen LogP contribution < -0.4 is 14.2 Å². The molecule has 0 amide bonds. The molecule has 1 aliphatic rings. The highest BCUT2D eigenvalue weighted by molar-refractivity contribution is 5.46. The maximum Gasteiger partial charge on any atom is 0.163 e. The molecule has 3 rings (SSSR count). The smallest absolute Gasteiger partial charge is 0.163 e. The van der Waals surface area contributed by atoms with Crippen molar-refractivity contribution in [1.29, 1.82) is 0 Å². The second-order valence-corrected chi connectivity index (χ2v) is 6.90. The third kappa shape index (κ3) is 3.96. The topological polar surface area (TPSA) is 66.4 Å². The van der Waals surface area contributed by atoms with Crippen molar-refractivity contribution in [1.82, 2.24) is 0 Å². The van der Waals surface area contributed by atoms with Gasteiger partial charge in [0, 0.05) is 5.92 Å². The highest BCUT2D eigenvalue weighted by Crippen LogP contribution is 2.45. The number of benzene rings is 2. The van der Waals surface area contributed by atoms with Gasteiger partial charge in [0.25, 0.3) is 0 Å². The molecule has 6 nitrogen and oxygen atoms in total. The maximum absolute atomic E-state index is 9.92. The minimum absolute atomic E-state index is 0.0629. The van der Waals surface area contributed by atoms with E-state index in [2.05, 4.69) is 0 Å². The molecule has 2 aromatic carbocycles. The van der Waals surface area contributed by atoms with E-state index in [-0.39, 0.29) is 17.8 Å². The molecule has 1 N–H and O–H groups in total. The van der Waals surface area contributed by atoms with Crippen molar-refractivity contribution in [3.05, 3.63) is 47.5 Å². The van der Waals surface area contributed by atoms with Crippen LogP contribution in [-0.4, -0.2) is 38.8 Å². The first-order valence-electron chi connectivity index (χ1n) is 8.79. The quantitative estimate of drug-likeness (QED) is 0.852. The predicted octanol–water partition coefficient (Wildman–Crippen LogP) is 4.03. The van der Waals surface area contributed by atoms with Crippen LogP contribution in [0.15, 0.2) is 36.4 Å². The fraction of sp³-hybridized carbons (Fsp3) is 0.429. The fourth-order valence-electron chi connectivity index (χ4n) is 3.33. The van der Waals surface area contributed by atoms with Crippen LogP contribution in [-0.2, 0) is 9.47 Å². The van der Waals surface area contributed by atoms with E-state index < -0.39 is 5.79 Å². The average Bonchev–Trinajstić information content (AvgIpc) is 2.67. The molecule has 0 bridgehead atoms. The molecule has 146 valence electrons. The number of methoxy groups -OCH3 is 3. The van der Waals surface area contributed by atoms with Crippen LogP contribution in [0, 0.1) is 0 Å². The van der Waals surface area contributed by atoms with Crippen LogP contribution >= 0.6 is 0 Å². The van der Waals surface area contributed by atoms with Crippen LogP contribution in [0.1, 0.15) is 37.0 Å². The number of phenolic OH excluding ortho intramolecular Hbond substituents is 1. The summed E-state index contributed by atoms with van der Waals surface area (Å²) in [5.41, 5.74) is 1.92. The van der Waals surface area contributed by atoms with Crippen molar-refractivity contribution < 1.29 is 28.8 Å². The minimum Gasteiger partial charge on any atom is -0.504 e. The summed E-state index contributed by atoms with van der Waals surface area (Å²) in [5, 5.41) is 9.92. The van der Waals surface area contributed by atoms with Gasteiger partial charge in [0.1, 0.15) is 0 Å². The van der Waals surface area contributed by atoms with E-state index in [0.717, 1.165) is 11.1 Å². The van der Waals surface area contributed by atoms with Crippen LogP contribution in [0.5, 0.6) is 23.0 Å². The van der Waals surface area contributed by atoms with Gasteiger partial charge in [-0.2, -0.15) is 0 Å². The normalized spacial score (nSPS) is 21.5. The Balaban J connectivity index is 2.02. The predicted molar refractivity (Wildman–Crippen MR) is 101 cm³/mol. The molecular formula is C21H26O6. The van der Waals surface area contributed by atoms with Gasteiger partial charge in [0.05, 0.1) is 34.0 Å². The third-order valence-corrected chi connectivity index (χ3v) is 4.75. The van der Waals surface area contributed by atoms with E-state index in [0.29, 0.717) is 23.9 Å². The zero-order valence-corrected chi connectivity index (χ0v) is 16.3. The lowest BCUT2D eigenvalue weighted by molar-refractivity contribution is -0.283. The Morgan fingerprint density at radius 2 is 1.52 bits per heavy atom. The van der Waals surface area contributed by atoms with Crippen molar-refractivity contribution >= 4 is 0 Å². The molecule has 0 unspecified atom stereocenters. The van der Waals surface area contributed by atoms with Gasteiger partial charge in [0.2, 0.25) is 0 Å². The SMILES string of the molecule is COc1cc([C@H]2OC(C)(C)OC[C@H]2c2ccc(OC)c(OC)c2)ccc1O. The summed E-state index contributed by atoms with van der Waals surface area (Å²) in [4.78, 5) is 0. The molecule has 0 aromatic heterocycles. The van der Waals surface area contributed by atoms with Crippen LogP contribution in [0.2, 0.25) is 0 Å². The van der Waals surface area contributed by atoms with Crippen molar-refractivity contribution in [3.8, 4) is 23.0 Å². The maximum atomic E-state index is 9.92. The van der Waals surface area contributed by atoms with E-state index in [9.17, 15) is 5.11 Å². The van der Waals surface area contributed by atoms with Crippen LogP contribution in [0.4, 0.5) is 0 Å². The number of ether oxygens (including phenoxy) is 5. The molecule has 0 radical (unpaired) electrons. The van der Waals surface area contributed by atoms with Gasteiger partial charge in [-0.1, -0.05) is 12.1 Å². The Labute approximate surface area is 159 Å². The first kappa shape index (κ1) is 19.3. The summed E-state index contributed by atoms with van der Waals surface area (Å²) in [6.45, 7) is 4.27. The molecule has 0 aliphatic carbocycles. The lowest BCUT2D eigenvalue weighted by Gasteiger charge is -2.41. The summed E-state index contributed by atoms with van der Waals surface area (Å²) >= 11 is 0. The number of hydrogen-bond donors (Lipinski definition) is 1. The zero-order chi connectivity index (χ0) is 19.6. The Bertz CT molecular complexity index is 801. The van der Waals surface area contributed by atoms with Gasteiger partial charge in [0.15, 0.2) is 28.8 Å². The van der Waals surface area contributed by atoms with E-state index in [1.807, 2.05) is 38.1 Å². The third-order valence-electron chi connectivity index (χ3n) is 4.75. The number of phenols is 1. The molecule has 0 saturated carbocycles. The highest BCUT2D eigenvalue weighted by Gasteiger charge is 2.38. The second kappa shape index (κ2) is 7.66. The molecule has 2 aromatic rings. The van der Waals surface area contributed by atoms with E-state index in [4.69, 9.17) is 23.7 Å². The first-order valence-corrected chi connectivity index (χ1v) is 8.79. The highest BCUT2D eigenvalue weighted by atomic mass is 16.7. The summed E-state index contributed by atoms with van der Waals surface area (Å²) in [7, 11) is 4.75. The molecule has 2 atom stereocenters. The van der Waals surface area contributed by atoms with Gasteiger partial charge in [-0.3, -0.25) is 0 Å². The standard InChI is InChI=1S/C21H26O6/c1-21(2)26-12-15(13-7-9-17(23-3)19(10-13)25-5)20(27-21)14-6-8-16(22)18(11-14)24-4/h6-11,15,20,22H,12H2,1-5H3/t15-,20+/m0/s1.